The van der Waals surface area contributed by atoms with Crippen LogP contribution in [0.3, 0.4) is 0 Å². The number of aryl methyl sites for hydroxylation is 1. The van der Waals surface area contributed by atoms with Gasteiger partial charge in [0.2, 0.25) is 0 Å². The van der Waals surface area contributed by atoms with Gasteiger partial charge in [0.25, 0.3) is 0 Å². The fourth-order valence-corrected chi connectivity index (χ4v) is 4.42. The number of rotatable bonds is 14. The molecule has 1 fully saturated rings. The second-order valence-corrected chi connectivity index (χ2v) is 9.65. The minimum atomic E-state index is -0.735. The van der Waals surface area contributed by atoms with Gasteiger partial charge in [0.15, 0.2) is 6.29 Å². The number of ether oxygens (including phenoxy) is 3. The summed E-state index contributed by atoms with van der Waals surface area (Å²) >= 11 is 0. The van der Waals surface area contributed by atoms with E-state index < -0.39 is 18.1 Å². The predicted octanol–water partition coefficient (Wildman–Crippen LogP) is 8.19. The van der Waals surface area contributed by atoms with E-state index in [9.17, 15) is 9.18 Å². The highest BCUT2D eigenvalue weighted by atomic mass is 19.1. The minimum absolute atomic E-state index is 0.163. The third-order valence-corrected chi connectivity index (χ3v) is 6.63. The lowest BCUT2D eigenvalue weighted by Gasteiger charge is -2.30. The first-order chi connectivity index (χ1) is 17.1. The number of carbonyl (C=O) groups is 1. The lowest BCUT2D eigenvalue weighted by molar-refractivity contribution is -0.207. The molecule has 3 rings (SSSR count). The van der Waals surface area contributed by atoms with Crippen molar-refractivity contribution in [3.8, 4) is 5.75 Å². The summed E-state index contributed by atoms with van der Waals surface area (Å²) in [4.78, 5) is 12.5. The van der Waals surface area contributed by atoms with Crippen molar-refractivity contribution in [2.24, 2.45) is 5.92 Å². The Morgan fingerprint density at radius 1 is 0.886 bits per heavy atom. The Hall–Kier alpha value is -2.24. The largest absolute Gasteiger partial charge is 0.423 e. The van der Waals surface area contributed by atoms with Gasteiger partial charge in [-0.05, 0) is 49.1 Å². The molecule has 1 aliphatic rings. The topological polar surface area (TPSA) is 44.8 Å². The highest BCUT2D eigenvalue weighted by Crippen LogP contribution is 2.29. The molecule has 1 heterocycles. The fraction of sp³-hybridized carbons (Fsp3) is 0.567. The highest BCUT2D eigenvalue weighted by molar-refractivity contribution is 5.91. The van der Waals surface area contributed by atoms with E-state index in [1.54, 1.807) is 24.3 Å². The van der Waals surface area contributed by atoms with Crippen molar-refractivity contribution in [1.82, 2.24) is 0 Å². The van der Waals surface area contributed by atoms with Crippen LogP contribution in [0.1, 0.15) is 106 Å². The maximum atomic E-state index is 14.8. The van der Waals surface area contributed by atoms with Crippen molar-refractivity contribution in [2.45, 2.75) is 90.8 Å². The number of carbonyl (C=O) groups excluding carboxylic acids is 1. The van der Waals surface area contributed by atoms with E-state index in [1.165, 1.54) is 63.0 Å². The zero-order valence-corrected chi connectivity index (χ0v) is 21.4. The van der Waals surface area contributed by atoms with E-state index in [2.05, 4.69) is 13.8 Å². The maximum Gasteiger partial charge on any atom is 0.343 e. The van der Waals surface area contributed by atoms with Crippen molar-refractivity contribution < 1.29 is 23.4 Å². The van der Waals surface area contributed by atoms with E-state index in [0.717, 1.165) is 19.3 Å². The predicted molar refractivity (Wildman–Crippen MR) is 137 cm³/mol. The molecule has 1 aliphatic heterocycles. The monoisotopic (exact) mass is 484 g/mol. The molecule has 0 unspecified atom stereocenters. The van der Waals surface area contributed by atoms with Gasteiger partial charge in [0.1, 0.15) is 11.6 Å². The molecule has 0 bridgehead atoms. The summed E-state index contributed by atoms with van der Waals surface area (Å²) in [6, 6.07) is 11.9. The van der Waals surface area contributed by atoms with Crippen LogP contribution in [-0.4, -0.2) is 19.2 Å². The molecule has 0 amide bonds. The van der Waals surface area contributed by atoms with Gasteiger partial charge < -0.3 is 14.2 Å². The van der Waals surface area contributed by atoms with Crippen LogP contribution in [-0.2, 0) is 15.9 Å². The van der Waals surface area contributed by atoms with E-state index in [-0.39, 0.29) is 5.56 Å². The van der Waals surface area contributed by atoms with Gasteiger partial charge in [-0.3, -0.25) is 0 Å². The second kappa shape index (κ2) is 15.0. The first-order valence-electron chi connectivity index (χ1n) is 13.4. The molecule has 4 nitrogen and oxygen atoms in total. The molecule has 35 heavy (non-hydrogen) atoms. The third kappa shape index (κ3) is 9.05. The molecule has 0 aliphatic carbocycles. The summed E-state index contributed by atoms with van der Waals surface area (Å²) in [7, 11) is 0. The highest BCUT2D eigenvalue weighted by Gasteiger charge is 2.26. The molecule has 5 heteroatoms. The summed E-state index contributed by atoms with van der Waals surface area (Å²) < 4.78 is 31.9. The number of hydrogen-bond donors (Lipinski definition) is 0. The summed E-state index contributed by atoms with van der Waals surface area (Å²) in [5.74, 6) is -0.297. The van der Waals surface area contributed by atoms with Gasteiger partial charge >= 0.3 is 5.97 Å². The SMILES string of the molecule is CCCCCCCC1COC(c2ccc(C(=O)Oc3ccc(CCCCCC)cc3)cc2F)OC1. The summed E-state index contributed by atoms with van der Waals surface area (Å²) in [6.07, 6.45) is 12.4. The quantitative estimate of drug-likeness (QED) is 0.154. The van der Waals surface area contributed by atoms with Gasteiger partial charge in [0.05, 0.1) is 18.8 Å². The van der Waals surface area contributed by atoms with E-state index >= 15 is 0 Å². The van der Waals surface area contributed by atoms with Gasteiger partial charge in [-0.25, -0.2) is 9.18 Å². The van der Waals surface area contributed by atoms with Crippen LogP contribution in [0.4, 0.5) is 4.39 Å². The molecular weight excluding hydrogens is 443 g/mol. The van der Waals surface area contributed by atoms with Gasteiger partial charge in [-0.1, -0.05) is 83.4 Å². The Bertz CT molecular complexity index is 888. The van der Waals surface area contributed by atoms with Crippen LogP contribution >= 0.6 is 0 Å². The Balaban J connectivity index is 1.46. The molecular formula is C30H41FO4. The fourth-order valence-electron chi connectivity index (χ4n) is 4.42. The van der Waals surface area contributed by atoms with Crippen LogP contribution in [0.15, 0.2) is 42.5 Å². The summed E-state index contributed by atoms with van der Waals surface area (Å²) in [5, 5.41) is 0. The number of esters is 1. The minimum Gasteiger partial charge on any atom is -0.423 e. The van der Waals surface area contributed by atoms with Crippen molar-refractivity contribution in [3.05, 3.63) is 65.0 Å². The third-order valence-electron chi connectivity index (χ3n) is 6.63. The van der Waals surface area contributed by atoms with Crippen molar-refractivity contribution in [1.29, 1.82) is 0 Å². The average molecular weight is 485 g/mol. The summed E-state index contributed by atoms with van der Waals surface area (Å²) in [6.45, 7) is 5.55. The Morgan fingerprint density at radius 3 is 2.20 bits per heavy atom. The maximum absolute atomic E-state index is 14.8. The zero-order chi connectivity index (χ0) is 24.9. The van der Waals surface area contributed by atoms with Crippen LogP contribution in [0.2, 0.25) is 0 Å². The van der Waals surface area contributed by atoms with Crippen LogP contribution < -0.4 is 4.74 Å². The number of hydrogen-bond acceptors (Lipinski definition) is 4. The first-order valence-corrected chi connectivity index (χ1v) is 13.4. The lowest BCUT2D eigenvalue weighted by atomic mass is 10.0. The zero-order valence-electron chi connectivity index (χ0n) is 21.4. The molecule has 192 valence electrons. The number of unbranched alkanes of at least 4 members (excludes halogenated alkanes) is 7. The van der Waals surface area contributed by atoms with Crippen LogP contribution in [0.5, 0.6) is 5.75 Å². The first kappa shape index (κ1) is 27.3. The van der Waals surface area contributed by atoms with Gasteiger partial charge in [-0.15, -0.1) is 0 Å². The van der Waals surface area contributed by atoms with E-state index in [1.807, 2.05) is 12.1 Å². The van der Waals surface area contributed by atoms with E-state index in [0.29, 0.717) is 30.4 Å². The Kier molecular flexibility index (Phi) is 11.7. The Labute approximate surface area is 210 Å². The van der Waals surface area contributed by atoms with Gasteiger partial charge in [-0.2, -0.15) is 0 Å². The van der Waals surface area contributed by atoms with Crippen molar-refractivity contribution in [3.63, 3.8) is 0 Å². The molecule has 0 atom stereocenters. The average Bonchev–Trinajstić information content (AvgIpc) is 2.88. The Morgan fingerprint density at radius 2 is 1.54 bits per heavy atom. The molecule has 0 spiro atoms. The molecule has 0 radical (unpaired) electrons. The molecule has 0 saturated carbocycles. The molecule has 2 aromatic rings. The normalized spacial score (nSPS) is 17.9. The summed E-state index contributed by atoms with van der Waals surface area (Å²) in [5.41, 5.74) is 1.70. The standard InChI is InChI=1S/C30H41FO4/c1-3-5-7-9-11-13-24-21-33-30(34-22-24)27-19-16-25(20-28(27)31)29(32)35-26-17-14-23(15-18-26)12-10-8-6-4-2/h14-20,24,30H,3-13,21-22H2,1-2H3. The molecule has 0 aromatic heterocycles. The lowest BCUT2D eigenvalue weighted by Crippen LogP contribution is -2.27. The van der Waals surface area contributed by atoms with Crippen LogP contribution in [0, 0.1) is 11.7 Å². The van der Waals surface area contributed by atoms with Crippen molar-refractivity contribution in [2.75, 3.05) is 13.2 Å². The smallest absolute Gasteiger partial charge is 0.343 e. The molecule has 2 aromatic carbocycles. The van der Waals surface area contributed by atoms with Crippen molar-refractivity contribution >= 4 is 5.97 Å². The van der Waals surface area contributed by atoms with E-state index in [4.69, 9.17) is 14.2 Å². The van der Waals surface area contributed by atoms with Gasteiger partial charge in [0, 0.05) is 11.5 Å². The molecule has 1 saturated heterocycles. The number of halogens is 1. The number of benzene rings is 2. The second-order valence-electron chi connectivity index (χ2n) is 9.65. The van der Waals surface area contributed by atoms with Crippen LogP contribution in [0.25, 0.3) is 0 Å². The molecule has 0 N–H and O–H groups in total.